The van der Waals surface area contributed by atoms with Gasteiger partial charge in [0.2, 0.25) is 5.75 Å². The molecular formula is C14H16N6O. The first-order valence-electron chi connectivity index (χ1n) is 6.46. The molecule has 0 saturated heterocycles. The Balaban J connectivity index is 2.28. The number of nitrogen functional groups attached to an aromatic ring is 1. The van der Waals surface area contributed by atoms with E-state index in [1.165, 1.54) is 17.5 Å². The Bertz CT molecular complexity index is 811. The molecule has 0 aliphatic heterocycles. The van der Waals surface area contributed by atoms with Gasteiger partial charge >= 0.3 is 0 Å². The van der Waals surface area contributed by atoms with Gasteiger partial charge in [-0.15, -0.1) is 0 Å². The van der Waals surface area contributed by atoms with Crippen molar-refractivity contribution in [1.82, 2.24) is 19.5 Å². The second-order valence-corrected chi connectivity index (χ2v) is 4.76. The molecule has 3 aromatic rings. The summed E-state index contributed by atoms with van der Waals surface area (Å²) in [5, 5.41) is 0. The second kappa shape index (κ2) is 5.02. The smallest absolute Gasteiger partial charge is 0.206 e. The highest BCUT2D eigenvalue weighted by Crippen LogP contribution is 2.30. The fraction of sp³-hybridized carbons (Fsp3) is 0.214. The van der Waals surface area contributed by atoms with Crippen molar-refractivity contribution in [1.29, 1.82) is 0 Å². The zero-order valence-electron chi connectivity index (χ0n) is 12.1. The third-order valence-corrected chi connectivity index (χ3v) is 3.52. The fourth-order valence-electron chi connectivity index (χ4n) is 2.26. The number of aryl methyl sites for hydroxylation is 2. The van der Waals surface area contributed by atoms with E-state index in [0.717, 1.165) is 11.0 Å². The topological polar surface area (TPSA) is 90.9 Å². The summed E-state index contributed by atoms with van der Waals surface area (Å²) in [6.45, 7) is 4.13. The predicted octanol–water partition coefficient (Wildman–Crippen LogP) is 1.73. The lowest BCUT2D eigenvalue weighted by Gasteiger charge is -2.12. The molecule has 0 aliphatic rings. The third kappa shape index (κ3) is 2.07. The van der Waals surface area contributed by atoms with E-state index in [1.54, 1.807) is 13.4 Å². The summed E-state index contributed by atoms with van der Waals surface area (Å²) < 4.78 is 7.24. The zero-order valence-corrected chi connectivity index (χ0v) is 12.1. The summed E-state index contributed by atoms with van der Waals surface area (Å²) in [4.78, 5) is 12.8. The highest BCUT2D eigenvalue weighted by Gasteiger charge is 2.16. The number of methoxy groups -OCH3 is 1. The molecule has 7 heteroatoms. The van der Waals surface area contributed by atoms with Crippen molar-refractivity contribution >= 4 is 16.9 Å². The lowest BCUT2D eigenvalue weighted by Crippen LogP contribution is -2.12. The molecule has 0 radical (unpaired) electrons. The van der Waals surface area contributed by atoms with E-state index in [0.29, 0.717) is 17.4 Å². The molecule has 1 aromatic carbocycles. The van der Waals surface area contributed by atoms with E-state index in [2.05, 4.69) is 46.4 Å². The Morgan fingerprint density at radius 3 is 2.62 bits per heavy atom. The van der Waals surface area contributed by atoms with Gasteiger partial charge in [-0.1, -0.05) is 0 Å². The maximum atomic E-state index is 5.46. The van der Waals surface area contributed by atoms with Gasteiger partial charge in [-0.05, 0) is 37.1 Å². The van der Waals surface area contributed by atoms with Crippen molar-refractivity contribution in [3.8, 4) is 11.6 Å². The maximum Gasteiger partial charge on any atom is 0.206 e. The van der Waals surface area contributed by atoms with E-state index in [4.69, 9.17) is 10.6 Å². The van der Waals surface area contributed by atoms with Crippen molar-refractivity contribution in [2.45, 2.75) is 13.8 Å². The van der Waals surface area contributed by atoms with Crippen LogP contribution < -0.4 is 16.0 Å². The van der Waals surface area contributed by atoms with Crippen LogP contribution in [-0.4, -0.2) is 26.6 Å². The van der Waals surface area contributed by atoms with E-state index >= 15 is 0 Å². The van der Waals surface area contributed by atoms with E-state index in [-0.39, 0.29) is 0 Å². The molecule has 2 heterocycles. The van der Waals surface area contributed by atoms with Crippen LogP contribution in [0.1, 0.15) is 11.1 Å². The largest absolute Gasteiger partial charge is 0.490 e. The number of imidazole rings is 1. The van der Waals surface area contributed by atoms with Crippen LogP contribution in [0.3, 0.4) is 0 Å². The summed E-state index contributed by atoms with van der Waals surface area (Å²) in [6, 6.07) is 4.13. The van der Waals surface area contributed by atoms with Crippen LogP contribution in [0, 0.1) is 13.8 Å². The quantitative estimate of drug-likeness (QED) is 0.562. The summed E-state index contributed by atoms with van der Waals surface area (Å²) in [5.41, 5.74) is 6.76. The Morgan fingerprint density at radius 1 is 1.14 bits per heavy atom. The molecule has 0 unspecified atom stereocenters. The molecule has 0 spiro atoms. The number of hydrogen-bond donors (Lipinski definition) is 2. The summed E-state index contributed by atoms with van der Waals surface area (Å²) in [5.74, 6) is 6.94. The highest BCUT2D eigenvalue weighted by atomic mass is 16.5. The van der Waals surface area contributed by atoms with Gasteiger partial charge in [0.1, 0.15) is 12.7 Å². The minimum absolute atomic E-state index is 0.424. The normalized spacial score (nSPS) is 10.9. The number of nitrogens with two attached hydrogens (primary N) is 1. The zero-order chi connectivity index (χ0) is 15.0. The molecule has 0 fully saturated rings. The Hall–Kier alpha value is -2.67. The number of anilines is 1. The molecular weight excluding hydrogens is 268 g/mol. The molecule has 7 nitrogen and oxygen atoms in total. The average molecular weight is 284 g/mol. The molecule has 3 rings (SSSR count). The number of hydrazine groups is 1. The van der Waals surface area contributed by atoms with Gasteiger partial charge in [0, 0.05) is 0 Å². The SMILES string of the molecule is COc1c(NN)ncnc1-n1cnc2cc(C)c(C)cc21. The fourth-order valence-corrected chi connectivity index (χ4v) is 2.26. The molecule has 108 valence electrons. The van der Waals surface area contributed by atoms with Gasteiger partial charge in [-0.2, -0.15) is 0 Å². The van der Waals surface area contributed by atoms with Crippen LogP contribution in [0.4, 0.5) is 5.82 Å². The number of fused-ring (bicyclic) bond motifs is 1. The van der Waals surface area contributed by atoms with Crippen molar-refractivity contribution in [2.24, 2.45) is 5.84 Å². The van der Waals surface area contributed by atoms with Gasteiger partial charge in [-0.3, -0.25) is 4.57 Å². The maximum absolute atomic E-state index is 5.46. The van der Waals surface area contributed by atoms with Gasteiger partial charge in [0.15, 0.2) is 11.6 Å². The number of ether oxygens (including phenoxy) is 1. The highest BCUT2D eigenvalue weighted by molar-refractivity contribution is 5.80. The lowest BCUT2D eigenvalue weighted by atomic mass is 10.1. The van der Waals surface area contributed by atoms with Crippen LogP contribution >= 0.6 is 0 Å². The van der Waals surface area contributed by atoms with E-state index in [9.17, 15) is 0 Å². The molecule has 0 saturated carbocycles. The van der Waals surface area contributed by atoms with Crippen molar-refractivity contribution in [3.63, 3.8) is 0 Å². The Kier molecular flexibility index (Phi) is 3.19. The number of benzene rings is 1. The Morgan fingerprint density at radius 2 is 1.90 bits per heavy atom. The first-order valence-corrected chi connectivity index (χ1v) is 6.46. The van der Waals surface area contributed by atoms with E-state index < -0.39 is 0 Å². The van der Waals surface area contributed by atoms with Gasteiger partial charge in [-0.25, -0.2) is 20.8 Å². The van der Waals surface area contributed by atoms with Crippen LogP contribution in [0.2, 0.25) is 0 Å². The minimum Gasteiger partial charge on any atom is -0.490 e. The summed E-state index contributed by atoms with van der Waals surface area (Å²) in [6.07, 6.45) is 3.15. The number of nitrogens with zero attached hydrogens (tertiary/aromatic N) is 4. The second-order valence-electron chi connectivity index (χ2n) is 4.76. The number of nitrogens with one attached hydrogen (secondary N) is 1. The molecule has 0 aliphatic carbocycles. The van der Waals surface area contributed by atoms with Crippen LogP contribution in [0.5, 0.6) is 5.75 Å². The standard InChI is InChI=1S/C14H16N6O/c1-8-4-10-11(5-9(8)2)20(7-18-10)14-12(21-3)13(19-15)16-6-17-14/h4-7H,15H2,1-3H3,(H,16,17,19). The van der Waals surface area contributed by atoms with E-state index in [1.807, 2.05) is 4.57 Å². The number of hydrogen-bond acceptors (Lipinski definition) is 6. The van der Waals surface area contributed by atoms with Crippen LogP contribution in [0.25, 0.3) is 16.9 Å². The summed E-state index contributed by atoms with van der Waals surface area (Å²) >= 11 is 0. The first kappa shape index (κ1) is 13.3. The van der Waals surface area contributed by atoms with Gasteiger partial charge < -0.3 is 10.2 Å². The predicted molar refractivity (Wildman–Crippen MR) is 80.5 cm³/mol. The van der Waals surface area contributed by atoms with Crippen molar-refractivity contribution < 1.29 is 4.74 Å². The number of aromatic nitrogens is 4. The third-order valence-electron chi connectivity index (χ3n) is 3.52. The number of rotatable bonds is 3. The molecule has 0 amide bonds. The van der Waals surface area contributed by atoms with Crippen molar-refractivity contribution in [2.75, 3.05) is 12.5 Å². The van der Waals surface area contributed by atoms with Crippen molar-refractivity contribution in [3.05, 3.63) is 35.9 Å². The molecule has 0 bridgehead atoms. The summed E-state index contributed by atoms with van der Waals surface area (Å²) in [7, 11) is 1.55. The van der Waals surface area contributed by atoms with Gasteiger partial charge in [0.05, 0.1) is 18.1 Å². The van der Waals surface area contributed by atoms with Crippen LogP contribution in [-0.2, 0) is 0 Å². The molecule has 0 atom stereocenters. The first-order chi connectivity index (χ1) is 10.2. The molecule has 2 aromatic heterocycles. The lowest BCUT2D eigenvalue weighted by molar-refractivity contribution is 0.410. The monoisotopic (exact) mass is 284 g/mol. The minimum atomic E-state index is 0.424. The van der Waals surface area contributed by atoms with Gasteiger partial charge in [0.25, 0.3) is 0 Å². The molecule has 21 heavy (non-hydrogen) atoms. The Labute approximate surface area is 121 Å². The average Bonchev–Trinajstić information content (AvgIpc) is 2.89. The van der Waals surface area contributed by atoms with Crippen LogP contribution in [0.15, 0.2) is 24.8 Å². The molecule has 3 N–H and O–H groups in total.